The van der Waals surface area contributed by atoms with Gasteiger partial charge in [0.25, 0.3) is 5.69 Å². The topological polar surface area (TPSA) is 127 Å². The molecule has 0 unspecified atom stereocenters. The standard InChI is InChI=1S/C15H12Cl2N6O4S/c1-7(9-5-11(16)28-13(9)17)22(15(24)25)14-12(19-20-21(14)2)10-4-3-8(6-18-10)23(26)27/h3-7H,1-2H3,(H,24,25)/t7-/m1/s1. The molecule has 0 saturated heterocycles. The summed E-state index contributed by atoms with van der Waals surface area (Å²) in [5.74, 6) is 0.139. The lowest BCUT2D eigenvalue weighted by molar-refractivity contribution is -0.385. The van der Waals surface area contributed by atoms with Gasteiger partial charge < -0.3 is 5.11 Å². The molecule has 3 aromatic heterocycles. The van der Waals surface area contributed by atoms with E-state index >= 15 is 0 Å². The van der Waals surface area contributed by atoms with Crippen molar-refractivity contribution in [1.82, 2.24) is 20.0 Å². The summed E-state index contributed by atoms with van der Waals surface area (Å²) in [5.41, 5.74) is 0.728. The van der Waals surface area contributed by atoms with E-state index in [1.54, 1.807) is 13.0 Å². The van der Waals surface area contributed by atoms with Gasteiger partial charge >= 0.3 is 6.09 Å². The molecule has 0 aliphatic rings. The number of hydrogen-bond donors (Lipinski definition) is 1. The predicted molar refractivity (Wildman–Crippen MR) is 104 cm³/mol. The average Bonchev–Trinajstić information content (AvgIpc) is 3.17. The molecule has 0 bridgehead atoms. The number of nitro groups is 1. The van der Waals surface area contributed by atoms with Gasteiger partial charge in [-0.3, -0.25) is 15.0 Å². The highest BCUT2D eigenvalue weighted by atomic mass is 35.5. The summed E-state index contributed by atoms with van der Waals surface area (Å²) in [5, 5.41) is 28.6. The van der Waals surface area contributed by atoms with Gasteiger partial charge in [0.1, 0.15) is 6.20 Å². The van der Waals surface area contributed by atoms with Crippen molar-refractivity contribution < 1.29 is 14.8 Å². The van der Waals surface area contributed by atoms with Crippen LogP contribution in [0.4, 0.5) is 16.3 Å². The molecule has 3 rings (SSSR count). The summed E-state index contributed by atoms with van der Waals surface area (Å²) >= 11 is 13.3. The fraction of sp³-hybridized carbons (Fsp3) is 0.200. The maximum Gasteiger partial charge on any atom is 0.413 e. The van der Waals surface area contributed by atoms with Crippen LogP contribution in [0.3, 0.4) is 0 Å². The Morgan fingerprint density at radius 2 is 2.14 bits per heavy atom. The van der Waals surface area contributed by atoms with Gasteiger partial charge in [-0.2, -0.15) is 0 Å². The number of aromatic nitrogens is 4. The van der Waals surface area contributed by atoms with Crippen LogP contribution in [0.1, 0.15) is 18.5 Å². The van der Waals surface area contributed by atoms with Crippen molar-refractivity contribution in [1.29, 1.82) is 0 Å². The summed E-state index contributed by atoms with van der Waals surface area (Å²) in [7, 11) is 1.53. The van der Waals surface area contributed by atoms with Gasteiger partial charge in [0.15, 0.2) is 11.5 Å². The van der Waals surface area contributed by atoms with Crippen LogP contribution >= 0.6 is 34.5 Å². The maximum absolute atomic E-state index is 12.1. The molecule has 0 aliphatic heterocycles. The number of amides is 1. The van der Waals surface area contributed by atoms with Crippen LogP contribution in [0.15, 0.2) is 24.4 Å². The Kier molecular flexibility index (Phi) is 5.49. The molecule has 0 saturated carbocycles. The zero-order chi connectivity index (χ0) is 20.6. The van der Waals surface area contributed by atoms with Crippen molar-refractivity contribution in [2.75, 3.05) is 4.90 Å². The first-order valence-electron chi connectivity index (χ1n) is 7.68. The lowest BCUT2D eigenvalue weighted by Gasteiger charge is -2.26. The Balaban J connectivity index is 2.10. The summed E-state index contributed by atoms with van der Waals surface area (Å²) in [6, 6.07) is 3.53. The van der Waals surface area contributed by atoms with Crippen LogP contribution in [0.5, 0.6) is 0 Å². The SMILES string of the molecule is C[C@H](c1cc(Cl)sc1Cl)N(C(=O)O)c1c(-c2ccc([N+](=O)[O-])cn2)nnn1C. The zero-order valence-electron chi connectivity index (χ0n) is 14.4. The summed E-state index contributed by atoms with van der Waals surface area (Å²) < 4.78 is 2.08. The molecule has 10 nitrogen and oxygen atoms in total. The van der Waals surface area contributed by atoms with Gasteiger partial charge in [-0.15, -0.1) is 16.4 Å². The molecular weight excluding hydrogens is 431 g/mol. The minimum Gasteiger partial charge on any atom is -0.465 e. The highest BCUT2D eigenvalue weighted by Crippen LogP contribution is 2.40. The van der Waals surface area contributed by atoms with Crippen LogP contribution in [-0.4, -0.2) is 36.1 Å². The Morgan fingerprint density at radius 1 is 1.43 bits per heavy atom. The van der Waals surface area contributed by atoms with E-state index in [4.69, 9.17) is 23.2 Å². The summed E-state index contributed by atoms with van der Waals surface area (Å²) in [6.07, 6.45) is -0.197. The number of anilines is 1. The molecule has 0 radical (unpaired) electrons. The molecule has 3 aromatic rings. The number of carboxylic acid groups (broad SMARTS) is 1. The minimum absolute atomic E-state index is 0.139. The molecule has 0 spiro atoms. The molecule has 0 aliphatic carbocycles. The van der Waals surface area contributed by atoms with E-state index in [0.717, 1.165) is 22.4 Å². The number of pyridine rings is 1. The normalized spacial score (nSPS) is 12.0. The van der Waals surface area contributed by atoms with E-state index in [2.05, 4.69) is 15.3 Å². The highest BCUT2D eigenvalue weighted by molar-refractivity contribution is 7.20. The Labute approximate surface area is 172 Å². The van der Waals surface area contributed by atoms with Crippen LogP contribution in [0.25, 0.3) is 11.4 Å². The molecule has 1 atom stereocenters. The highest BCUT2D eigenvalue weighted by Gasteiger charge is 2.32. The number of halogens is 2. The molecule has 3 heterocycles. The largest absolute Gasteiger partial charge is 0.465 e. The number of carbonyl (C=O) groups is 1. The van der Waals surface area contributed by atoms with Crippen molar-refractivity contribution in [3.63, 3.8) is 0 Å². The van der Waals surface area contributed by atoms with E-state index in [1.807, 2.05) is 0 Å². The van der Waals surface area contributed by atoms with Gasteiger partial charge in [0.2, 0.25) is 0 Å². The first-order valence-corrected chi connectivity index (χ1v) is 9.25. The van der Waals surface area contributed by atoms with Gasteiger partial charge in [-0.1, -0.05) is 28.4 Å². The zero-order valence-corrected chi connectivity index (χ0v) is 16.7. The van der Waals surface area contributed by atoms with Crippen molar-refractivity contribution in [3.05, 3.63) is 48.7 Å². The van der Waals surface area contributed by atoms with Crippen molar-refractivity contribution in [2.45, 2.75) is 13.0 Å². The van der Waals surface area contributed by atoms with Crippen LogP contribution in [-0.2, 0) is 7.05 Å². The third kappa shape index (κ3) is 3.63. The lowest BCUT2D eigenvalue weighted by atomic mass is 10.1. The first-order chi connectivity index (χ1) is 13.2. The van der Waals surface area contributed by atoms with E-state index in [1.165, 1.54) is 23.9 Å². The van der Waals surface area contributed by atoms with Gasteiger partial charge in [0.05, 0.1) is 25.3 Å². The van der Waals surface area contributed by atoms with E-state index in [9.17, 15) is 20.0 Å². The Hall–Kier alpha value is -2.76. The van der Waals surface area contributed by atoms with Gasteiger partial charge in [0, 0.05) is 18.7 Å². The summed E-state index contributed by atoms with van der Waals surface area (Å²) in [6.45, 7) is 1.65. The molecule has 146 valence electrons. The number of hydrogen-bond acceptors (Lipinski definition) is 7. The fourth-order valence-electron chi connectivity index (χ4n) is 2.64. The number of thiophene rings is 1. The van der Waals surface area contributed by atoms with Crippen LogP contribution in [0.2, 0.25) is 8.67 Å². The second kappa shape index (κ2) is 7.70. The Bertz CT molecular complexity index is 1050. The minimum atomic E-state index is -1.26. The second-order valence-corrected chi connectivity index (χ2v) is 7.94. The van der Waals surface area contributed by atoms with Crippen molar-refractivity contribution in [3.8, 4) is 11.4 Å². The quantitative estimate of drug-likeness (QED) is 0.457. The third-order valence-electron chi connectivity index (χ3n) is 3.95. The number of aryl methyl sites for hydroxylation is 1. The lowest BCUT2D eigenvalue weighted by Crippen LogP contribution is -2.34. The maximum atomic E-state index is 12.1. The smallest absolute Gasteiger partial charge is 0.413 e. The van der Waals surface area contributed by atoms with Gasteiger partial charge in [-0.25, -0.2) is 14.5 Å². The first kappa shape index (κ1) is 20.0. The fourth-order valence-corrected chi connectivity index (χ4v) is 4.27. The second-order valence-electron chi connectivity index (χ2n) is 5.65. The monoisotopic (exact) mass is 442 g/mol. The molecular formula is C15H12Cl2N6O4S. The Morgan fingerprint density at radius 3 is 2.64 bits per heavy atom. The van der Waals surface area contributed by atoms with Crippen LogP contribution < -0.4 is 4.90 Å². The summed E-state index contributed by atoms with van der Waals surface area (Å²) in [4.78, 5) is 27.4. The van der Waals surface area contributed by atoms with Crippen LogP contribution in [0, 0.1) is 10.1 Å². The third-order valence-corrected chi connectivity index (χ3v) is 5.47. The molecule has 1 amide bonds. The molecule has 0 aromatic carbocycles. The van der Waals surface area contributed by atoms with E-state index in [0.29, 0.717) is 14.2 Å². The van der Waals surface area contributed by atoms with E-state index in [-0.39, 0.29) is 22.9 Å². The molecule has 28 heavy (non-hydrogen) atoms. The molecule has 0 fully saturated rings. The van der Waals surface area contributed by atoms with E-state index < -0.39 is 17.1 Å². The number of nitrogens with zero attached hydrogens (tertiary/aromatic N) is 6. The molecule has 13 heteroatoms. The molecule has 1 N–H and O–H groups in total. The number of rotatable bonds is 5. The average molecular weight is 443 g/mol. The van der Waals surface area contributed by atoms with Gasteiger partial charge in [-0.05, 0) is 19.1 Å². The van der Waals surface area contributed by atoms with Crippen molar-refractivity contribution in [2.24, 2.45) is 7.05 Å². The predicted octanol–water partition coefficient (Wildman–Crippen LogP) is 4.40. The van der Waals surface area contributed by atoms with Crippen molar-refractivity contribution >= 4 is 52.1 Å².